The molecule has 0 radical (unpaired) electrons. The first kappa shape index (κ1) is 20.1. The predicted octanol–water partition coefficient (Wildman–Crippen LogP) is 5.52. The topological polar surface area (TPSA) is 50.1 Å². The van der Waals surface area contributed by atoms with Crippen LogP contribution in [-0.4, -0.2) is 6.29 Å². The van der Waals surface area contributed by atoms with Crippen LogP contribution in [-0.2, 0) is 6.18 Å². The zero-order chi connectivity index (χ0) is 18.3. The van der Waals surface area contributed by atoms with Crippen molar-refractivity contribution in [2.24, 2.45) is 5.73 Å². The smallest absolute Gasteiger partial charge is 0.352 e. The van der Waals surface area contributed by atoms with Crippen LogP contribution >= 0.6 is 11.6 Å². The lowest BCUT2D eigenvalue weighted by Gasteiger charge is -2.09. The molecule has 0 bridgehead atoms. The van der Waals surface area contributed by atoms with Crippen LogP contribution in [0.25, 0.3) is 0 Å². The van der Waals surface area contributed by atoms with Gasteiger partial charge in [0.05, 0.1) is 22.0 Å². The minimum absolute atomic E-state index is 0.000255. The van der Waals surface area contributed by atoms with Gasteiger partial charge in [-0.3, -0.25) is 5.73 Å². The Morgan fingerprint density at radius 1 is 1.17 bits per heavy atom. The van der Waals surface area contributed by atoms with Crippen molar-refractivity contribution in [2.75, 3.05) is 10.6 Å². The fourth-order valence-corrected chi connectivity index (χ4v) is 2.09. The lowest BCUT2D eigenvalue weighted by atomic mass is 10.1. The number of hydrogen-bond acceptors (Lipinski definition) is 3. The Kier molecular flexibility index (Phi) is 7.38. The summed E-state index contributed by atoms with van der Waals surface area (Å²) in [6, 6.07) is 1.84. The molecular weight excluding hydrogens is 339 g/mol. The summed E-state index contributed by atoms with van der Waals surface area (Å²) >= 11 is 5.69. The zero-order valence-electron chi connectivity index (χ0n) is 13.7. The second-order valence-electron chi connectivity index (χ2n) is 5.30. The molecule has 0 aromatic heterocycles. The van der Waals surface area contributed by atoms with Crippen molar-refractivity contribution >= 4 is 23.0 Å². The highest BCUT2D eigenvalue weighted by atomic mass is 35.5. The van der Waals surface area contributed by atoms with E-state index < -0.39 is 18.0 Å². The van der Waals surface area contributed by atoms with E-state index in [9.17, 15) is 13.2 Å². The SMILES string of the molecule is C/C=C\C=C/C=C(C)C.NC1Nc2cc(C(F)(F)F)cc(Cl)c2N1. The van der Waals surface area contributed by atoms with Crippen LogP contribution in [0.1, 0.15) is 26.3 Å². The Bertz CT molecular complexity index is 645. The quantitative estimate of drug-likeness (QED) is 0.609. The van der Waals surface area contributed by atoms with Gasteiger partial charge in [0.1, 0.15) is 0 Å². The number of nitrogens with two attached hydrogens (primary N) is 1. The van der Waals surface area contributed by atoms with Crippen LogP contribution in [0, 0.1) is 0 Å². The van der Waals surface area contributed by atoms with Crippen molar-refractivity contribution in [2.45, 2.75) is 33.2 Å². The van der Waals surface area contributed by atoms with E-state index in [0.29, 0.717) is 5.69 Å². The van der Waals surface area contributed by atoms with Gasteiger partial charge in [0.25, 0.3) is 0 Å². The molecule has 7 heteroatoms. The van der Waals surface area contributed by atoms with Gasteiger partial charge in [-0.1, -0.05) is 47.6 Å². The van der Waals surface area contributed by atoms with E-state index in [2.05, 4.69) is 30.6 Å². The van der Waals surface area contributed by atoms with Crippen LogP contribution in [0.2, 0.25) is 5.02 Å². The molecule has 0 saturated carbocycles. The number of hydrogen-bond donors (Lipinski definition) is 3. The molecule has 24 heavy (non-hydrogen) atoms. The first-order valence-corrected chi connectivity index (χ1v) is 7.65. The summed E-state index contributed by atoms with van der Waals surface area (Å²) in [5.41, 5.74) is 6.65. The highest BCUT2D eigenvalue weighted by molar-refractivity contribution is 6.34. The van der Waals surface area contributed by atoms with E-state index in [-0.39, 0.29) is 10.7 Å². The molecule has 4 N–H and O–H groups in total. The lowest BCUT2D eigenvalue weighted by Crippen LogP contribution is -2.32. The van der Waals surface area contributed by atoms with Crippen molar-refractivity contribution in [3.8, 4) is 0 Å². The maximum atomic E-state index is 12.4. The minimum Gasteiger partial charge on any atom is -0.352 e. The average molecular weight is 360 g/mol. The molecule has 1 unspecified atom stereocenters. The van der Waals surface area contributed by atoms with Crippen LogP contribution in [0.15, 0.2) is 48.1 Å². The summed E-state index contributed by atoms with van der Waals surface area (Å²) in [5, 5.41) is 5.34. The van der Waals surface area contributed by atoms with Crippen LogP contribution in [0.5, 0.6) is 0 Å². The highest BCUT2D eigenvalue weighted by Gasteiger charge is 2.33. The molecule has 132 valence electrons. The summed E-state index contributed by atoms with van der Waals surface area (Å²) in [6.45, 7) is 6.17. The molecule has 1 atom stereocenters. The zero-order valence-corrected chi connectivity index (χ0v) is 14.5. The monoisotopic (exact) mass is 359 g/mol. The molecule has 1 aliphatic heterocycles. The fraction of sp³-hybridized carbons (Fsp3) is 0.294. The van der Waals surface area contributed by atoms with E-state index in [1.54, 1.807) is 0 Å². The predicted molar refractivity (Wildman–Crippen MR) is 95.1 cm³/mol. The molecule has 0 spiro atoms. The van der Waals surface area contributed by atoms with Gasteiger partial charge in [-0.05, 0) is 32.9 Å². The summed E-state index contributed by atoms with van der Waals surface area (Å²) < 4.78 is 37.2. The van der Waals surface area contributed by atoms with Gasteiger partial charge in [0.2, 0.25) is 0 Å². The van der Waals surface area contributed by atoms with Gasteiger partial charge in [0, 0.05) is 0 Å². The summed E-state index contributed by atoms with van der Waals surface area (Å²) in [4.78, 5) is 0. The Labute approximate surface area is 145 Å². The van der Waals surface area contributed by atoms with Crippen LogP contribution in [0.3, 0.4) is 0 Å². The highest BCUT2D eigenvalue weighted by Crippen LogP contribution is 2.40. The molecule has 1 aliphatic rings. The van der Waals surface area contributed by atoms with E-state index >= 15 is 0 Å². The van der Waals surface area contributed by atoms with E-state index in [0.717, 1.165) is 12.1 Å². The third-order valence-corrected chi connectivity index (χ3v) is 3.17. The minimum atomic E-state index is -4.41. The lowest BCUT2D eigenvalue weighted by molar-refractivity contribution is -0.137. The number of fused-ring (bicyclic) bond motifs is 1. The normalized spacial score (nSPS) is 16.2. The summed E-state index contributed by atoms with van der Waals surface area (Å²) in [7, 11) is 0. The number of benzene rings is 1. The molecule has 0 aliphatic carbocycles. The molecule has 0 saturated heterocycles. The third-order valence-electron chi connectivity index (χ3n) is 2.87. The van der Waals surface area contributed by atoms with Gasteiger partial charge in [-0.15, -0.1) is 0 Å². The van der Waals surface area contributed by atoms with Gasteiger partial charge in [-0.25, -0.2) is 0 Å². The largest absolute Gasteiger partial charge is 0.416 e. The summed E-state index contributed by atoms with van der Waals surface area (Å²) in [6.07, 6.45) is 5.14. The van der Waals surface area contributed by atoms with Crippen molar-refractivity contribution < 1.29 is 13.2 Å². The molecule has 0 fully saturated rings. The number of anilines is 2. The first-order chi connectivity index (χ1) is 11.1. The molecular formula is C17H21ClF3N3. The molecule has 0 amide bonds. The number of halogens is 4. The van der Waals surface area contributed by atoms with Crippen molar-refractivity contribution in [1.29, 1.82) is 0 Å². The summed E-state index contributed by atoms with van der Waals surface area (Å²) in [5.74, 6) is 0. The number of alkyl halides is 3. The van der Waals surface area contributed by atoms with Crippen LogP contribution < -0.4 is 16.4 Å². The van der Waals surface area contributed by atoms with E-state index in [4.69, 9.17) is 17.3 Å². The second-order valence-corrected chi connectivity index (χ2v) is 5.71. The molecule has 3 nitrogen and oxygen atoms in total. The molecule has 1 aromatic carbocycles. The van der Waals surface area contributed by atoms with Crippen molar-refractivity contribution in [1.82, 2.24) is 0 Å². The Morgan fingerprint density at radius 2 is 1.83 bits per heavy atom. The number of rotatable bonds is 2. The van der Waals surface area contributed by atoms with Gasteiger partial charge >= 0.3 is 6.18 Å². The van der Waals surface area contributed by atoms with Gasteiger partial charge in [-0.2, -0.15) is 13.2 Å². The Balaban J connectivity index is 0.000000277. The van der Waals surface area contributed by atoms with Crippen LogP contribution in [0.4, 0.5) is 24.5 Å². The van der Waals surface area contributed by atoms with Crippen molar-refractivity contribution in [3.63, 3.8) is 0 Å². The third kappa shape index (κ3) is 6.29. The Morgan fingerprint density at radius 3 is 2.38 bits per heavy atom. The van der Waals surface area contributed by atoms with E-state index in [1.807, 2.05) is 31.2 Å². The van der Waals surface area contributed by atoms with Gasteiger partial charge < -0.3 is 10.6 Å². The molecule has 1 heterocycles. The van der Waals surface area contributed by atoms with Gasteiger partial charge in [0.15, 0.2) is 6.29 Å². The standard InChI is InChI=1S/C9H14.C8H7ClF3N3/c1-4-5-6-7-8-9(2)3;9-4-1-3(8(10,11)12)2-5-6(4)15-7(13)14-5/h4-8H,1-3H3;1-2,7,14-15H,13H2/b5-4-,7-6-;. The first-order valence-electron chi connectivity index (χ1n) is 7.27. The number of nitrogens with one attached hydrogen (secondary N) is 2. The fourth-order valence-electron chi connectivity index (χ4n) is 1.81. The second kappa shape index (κ2) is 8.80. The maximum absolute atomic E-state index is 12.4. The van der Waals surface area contributed by atoms with E-state index in [1.165, 1.54) is 5.57 Å². The molecule has 2 rings (SSSR count). The number of allylic oxidation sites excluding steroid dienone is 6. The molecule has 1 aromatic rings. The maximum Gasteiger partial charge on any atom is 0.416 e. The average Bonchev–Trinajstić information content (AvgIpc) is 2.84. The van der Waals surface area contributed by atoms with Crippen molar-refractivity contribution in [3.05, 3.63) is 58.7 Å². The Hall–Kier alpha value is -1.92.